The van der Waals surface area contributed by atoms with Gasteiger partial charge in [-0.2, -0.15) is 15.1 Å². The maximum Gasteiger partial charge on any atom is 0.293 e. The fourth-order valence-electron chi connectivity index (χ4n) is 6.43. The van der Waals surface area contributed by atoms with Gasteiger partial charge in [0.25, 0.3) is 6.47 Å². The van der Waals surface area contributed by atoms with Crippen LogP contribution < -0.4 is 10.6 Å². The highest BCUT2D eigenvalue weighted by atomic mass is 16.6. The molecule has 244 valence electrons. The summed E-state index contributed by atoms with van der Waals surface area (Å²) in [6, 6.07) is 20.7. The number of likely N-dealkylation sites (tertiary alicyclic amines) is 1. The number of hydrogen-bond acceptors (Lipinski definition) is 12. The molecule has 0 radical (unpaired) electrons. The predicted molar refractivity (Wildman–Crippen MR) is 174 cm³/mol. The average molecular weight is 639 g/mol. The van der Waals surface area contributed by atoms with Crippen molar-refractivity contribution in [3.63, 3.8) is 0 Å². The highest BCUT2D eigenvalue weighted by molar-refractivity contribution is 5.84. The molecule has 14 heteroatoms. The number of hydrogen-bond donors (Lipinski definition) is 4. The van der Waals surface area contributed by atoms with Crippen LogP contribution in [0, 0.1) is 6.92 Å². The van der Waals surface area contributed by atoms with Gasteiger partial charge in [0.15, 0.2) is 41.2 Å². The third kappa shape index (κ3) is 6.52. The SMILES string of the molecule is Cc1nc([C@H]2O[C@@H](n3cnc4c(NCC(c5ccccc5)c5ccccc5)nc(NCCN5CCCC5)nc43)[C@H](O)[C@@H]2OC=O)n[nH]1. The predicted octanol–water partition coefficient (Wildman–Crippen LogP) is 3.18. The van der Waals surface area contributed by atoms with Crippen LogP contribution in [0.25, 0.3) is 11.2 Å². The van der Waals surface area contributed by atoms with Gasteiger partial charge in [0.2, 0.25) is 5.95 Å². The third-order valence-electron chi connectivity index (χ3n) is 8.78. The average Bonchev–Trinajstić information content (AvgIpc) is 3.91. The van der Waals surface area contributed by atoms with Crippen molar-refractivity contribution in [3.05, 3.63) is 89.8 Å². The molecule has 5 aromatic rings. The first-order valence-corrected chi connectivity index (χ1v) is 15.9. The Kier molecular flexibility index (Phi) is 9.04. The summed E-state index contributed by atoms with van der Waals surface area (Å²) in [7, 11) is 0. The van der Waals surface area contributed by atoms with Crippen molar-refractivity contribution in [1.82, 2.24) is 39.6 Å². The van der Waals surface area contributed by atoms with Crippen molar-refractivity contribution in [2.24, 2.45) is 0 Å². The van der Waals surface area contributed by atoms with Crippen LogP contribution in [0.2, 0.25) is 0 Å². The Hall–Kier alpha value is -4.92. The molecule has 14 nitrogen and oxygen atoms in total. The molecule has 4 atom stereocenters. The van der Waals surface area contributed by atoms with Gasteiger partial charge in [0.1, 0.15) is 11.9 Å². The van der Waals surface area contributed by atoms with E-state index in [0.29, 0.717) is 48.3 Å². The fraction of sp³-hybridized carbons (Fsp3) is 0.394. The van der Waals surface area contributed by atoms with Crippen LogP contribution >= 0.6 is 0 Å². The lowest BCUT2D eigenvalue weighted by Gasteiger charge is -2.20. The lowest BCUT2D eigenvalue weighted by atomic mass is 9.91. The van der Waals surface area contributed by atoms with E-state index in [2.05, 4.69) is 60.0 Å². The lowest BCUT2D eigenvalue weighted by Crippen LogP contribution is -2.31. The van der Waals surface area contributed by atoms with Crippen LogP contribution in [0.1, 0.15) is 53.9 Å². The van der Waals surface area contributed by atoms with Gasteiger partial charge in [-0.25, -0.2) is 9.97 Å². The van der Waals surface area contributed by atoms with Gasteiger partial charge < -0.3 is 30.1 Å². The monoisotopic (exact) mass is 638 g/mol. The van der Waals surface area contributed by atoms with E-state index in [-0.39, 0.29) is 11.7 Å². The summed E-state index contributed by atoms with van der Waals surface area (Å²) in [5.41, 5.74) is 3.30. The van der Waals surface area contributed by atoms with Crippen molar-refractivity contribution in [2.45, 2.75) is 50.2 Å². The van der Waals surface area contributed by atoms with Crippen molar-refractivity contribution < 1.29 is 19.4 Å². The highest BCUT2D eigenvalue weighted by Crippen LogP contribution is 2.40. The molecule has 0 unspecified atom stereocenters. The highest BCUT2D eigenvalue weighted by Gasteiger charge is 2.49. The Morgan fingerprint density at radius 2 is 1.77 bits per heavy atom. The van der Waals surface area contributed by atoms with Gasteiger partial charge in [-0.05, 0) is 44.0 Å². The minimum absolute atomic E-state index is 0.0443. The van der Waals surface area contributed by atoms with Crippen LogP contribution in [0.3, 0.4) is 0 Å². The molecule has 47 heavy (non-hydrogen) atoms. The Bertz CT molecular complexity index is 1740. The lowest BCUT2D eigenvalue weighted by molar-refractivity contribution is -0.140. The van der Waals surface area contributed by atoms with E-state index >= 15 is 0 Å². The summed E-state index contributed by atoms with van der Waals surface area (Å²) < 4.78 is 13.2. The number of carbonyl (C=O) groups excluding carboxylic acids is 1. The molecule has 0 spiro atoms. The molecule has 2 saturated heterocycles. The number of nitrogens with zero attached hydrogens (tertiary/aromatic N) is 7. The molecule has 0 saturated carbocycles. The Labute approximate surface area is 271 Å². The normalized spacial score (nSPS) is 21.4. The van der Waals surface area contributed by atoms with Gasteiger partial charge in [-0.15, -0.1) is 0 Å². The van der Waals surface area contributed by atoms with Crippen LogP contribution in [0.5, 0.6) is 0 Å². The van der Waals surface area contributed by atoms with E-state index in [9.17, 15) is 9.90 Å². The summed E-state index contributed by atoms with van der Waals surface area (Å²) in [6.45, 7) is 6.31. The molecule has 5 heterocycles. The quantitative estimate of drug-likeness (QED) is 0.139. The molecule has 2 aromatic carbocycles. The minimum Gasteiger partial charge on any atom is -0.458 e. The number of aliphatic hydroxyl groups is 1. The maximum atomic E-state index is 11.4. The van der Waals surface area contributed by atoms with Crippen LogP contribution in [0.4, 0.5) is 11.8 Å². The van der Waals surface area contributed by atoms with Gasteiger partial charge in [0, 0.05) is 25.6 Å². The van der Waals surface area contributed by atoms with Crippen molar-refractivity contribution in [1.29, 1.82) is 0 Å². The fourth-order valence-corrected chi connectivity index (χ4v) is 6.43. The first-order chi connectivity index (χ1) is 23.1. The largest absolute Gasteiger partial charge is 0.458 e. The van der Waals surface area contributed by atoms with E-state index in [0.717, 1.165) is 19.6 Å². The molecule has 0 amide bonds. The van der Waals surface area contributed by atoms with E-state index in [1.165, 1.54) is 24.0 Å². The summed E-state index contributed by atoms with van der Waals surface area (Å²) in [6.07, 6.45) is -0.200. The van der Waals surface area contributed by atoms with E-state index in [1.54, 1.807) is 17.8 Å². The Morgan fingerprint density at radius 1 is 1.04 bits per heavy atom. The second kappa shape index (κ2) is 13.8. The molecule has 4 N–H and O–H groups in total. The summed E-state index contributed by atoms with van der Waals surface area (Å²) in [5, 5.41) is 25.3. The van der Waals surface area contributed by atoms with Gasteiger partial charge in [0.05, 0.1) is 6.33 Å². The number of ether oxygens (including phenoxy) is 2. The van der Waals surface area contributed by atoms with E-state index in [4.69, 9.17) is 19.4 Å². The number of aliphatic hydroxyl groups excluding tert-OH is 1. The van der Waals surface area contributed by atoms with Crippen molar-refractivity contribution in [2.75, 3.05) is 43.4 Å². The molecule has 0 aliphatic carbocycles. The maximum absolute atomic E-state index is 11.4. The number of anilines is 2. The molecule has 0 bridgehead atoms. The first kappa shape index (κ1) is 30.7. The Balaban J connectivity index is 1.22. The molecular weight excluding hydrogens is 600 g/mol. The number of aromatic amines is 1. The zero-order valence-electron chi connectivity index (χ0n) is 26.1. The van der Waals surface area contributed by atoms with Crippen LogP contribution in [-0.4, -0.2) is 96.1 Å². The molecule has 2 aliphatic heterocycles. The second-order valence-electron chi connectivity index (χ2n) is 11.9. The van der Waals surface area contributed by atoms with E-state index in [1.807, 2.05) is 36.4 Å². The first-order valence-electron chi connectivity index (χ1n) is 15.9. The van der Waals surface area contributed by atoms with E-state index < -0.39 is 24.5 Å². The molecule has 2 fully saturated rings. The number of rotatable bonds is 13. The summed E-state index contributed by atoms with van der Waals surface area (Å²) in [4.78, 5) is 32.6. The molecular formula is C33H38N10O4. The molecule has 2 aliphatic rings. The summed E-state index contributed by atoms with van der Waals surface area (Å²) >= 11 is 0. The standard InChI is InChI=1S/C33H38N10O4/c1-21-37-30(41-40-21)28-27(46-20-44)26(45)32(47-28)43-19-36-25-29(38-33(39-31(25)43)34-14-17-42-15-8-9-16-42)35-18-24(22-10-4-2-5-11-22)23-12-6-3-7-13-23/h2-7,10-13,19-20,24,26-28,32,45H,8-9,14-18H2,1H3,(H,37,40,41)(H2,34,35,38,39)/t26-,27+,28+,32-/m1/s1. The van der Waals surface area contributed by atoms with Gasteiger partial charge >= 0.3 is 0 Å². The van der Waals surface area contributed by atoms with Crippen molar-refractivity contribution in [3.8, 4) is 0 Å². The number of imidazole rings is 1. The Morgan fingerprint density at radius 3 is 2.43 bits per heavy atom. The zero-order valence-corrected chi connectivity index (χ0v) is 26.1. The van der Waals surface area contributed by atoms with Gasteiger partial charge in [-0.3, -0.25) is 14.5 Å². The minimum atomic E-state index is -1.25. The topological polar surface area (TPSA) is 168 Å². The number of fused-ring (bicyclic) bond motifs is 1. The number of aryl methyl sites for hydroxylation is 1. The number of benzene rings is 2. The number of aromatic nitrogens is 7. The molecule has 7 rings (SSSR count). The number of H-pyrrole nitrogens is 1. The van der Waals surface area contributed by atoms with Gasteiger partial charge in [-0.1, -0.05) is 60.7 Å². The van der Waals surface area contributed by atoms with Crippen molar-refractivity contribution >= 4 is 29.4 Å². The number of nitrogens with one attached hydrogen (secondary N) is 3. The van der Waals surface area contributed by atoms with Crippen LogP contribution in [0.15, 0.2) is 67.0 Å². The zero-order chi connectivity index (χ0) is 32.2. The smallest absolute Gasteiger partial charge is 0.293 e. The number of carbonyl (C=O) groups is 1. The second-order valence-corrected chi connectivity index (χ2v) is 11.9. The molecule has 3 aromatic heterocycles. The summed E-state index contributed by atoms with van der Waals surface area (Å²) in [5.74, 6) is 1.85. The third-order valence-corrected chi connectivity index (χ3v) is 8.78. The van der Waals surface area contributed by atoms with Crippen LogP contribution in [-0.2, 0) is 14.3 Å².